The molecule has 1 saturated heterocycles. The van der Waals surface area contributed by atoms with Crippen LogP contribution in [0.4, 0.5) is 10.5 Å². The molecule has 25 heavy (non-hydrogen) atoms. The van der Waals surface area contributed by atoms with Crippen LogP contribution in [0.25, 0.3) is 5.57 Å². The van der Waals surface area contributed by atoms with Crippen LogP contribution in [0.5, 0.6) is 0 Å². The van der Waals surface area contributed by atoms with Gasteiger partial charge in [0, 0.05) is 17.1 Å². The molecule has 1 fully saturated rings. The summed E-state index contributed by atoms with van der Waals surface area (Å²) in [5, 5.41) is -0.598. The van der Waals surface area contributed by atoms with Gasteiger partial charge in [-0.1, -0.05) is 15.9 Å². The van der Waals surface area contributed by atoms with Crippen LogP contribution in [-0.4, -0.2) is 48.1 Å². The van der Waals surface area contributed by atoms with Gasteiger partial charge in [0.15, 0.2) is 0 Å². The van der Waals surface area contributed by atoms with Crippen LogP contribution in [-0.2, 0) is 19.1 Å². The third-order valence-corrected chi connectivity index (χ3v) is 5.25. The summed E-state index contributed by atoms with van der Waals surface area (Å²) in [6, 6.07) is 5.27. The molecule has 0 radical (unpaired) electrons. The van der Waals surface area contributed by atoms with E-state index in [1.165, 1.54) is 4.90 Å². The predicted octanol–water partition coefficient (Wildman–Crippen LogP) is 2.40. The van der Waals surface area contributed by atoms with Gasteiger partial charge in [-0.05, 0) is 36.9 Å². The number of imide groups is 1. The Bertz CT molecular complexity index is 851. The van der Waals surface area contributed by atoms with E-state index in [0.717, 1.165) is 9.37 Å². The van der Waals surface area contributed by atoms with Gasteiger partial charge in [0.25, 0.3) is 17.1 Å². The second kappa shape index (κ2) is 6.64. The molecule has 0 spiro atoms. The molecule has 2 aliphatic heterocycles. The molecule has 1 aromatic rings. The SMILES string of the molecule is CCOC(=O)CN1C(=O)S/C(=C2\C(=O)N(C)c3ccc(Br)cc32)C1=O. The Hall–Kier alpha value is -2.13. The van der Waals surface area contributed by atoms with Gasteiger partial charge in [0.1, 0.15) is 6.54 Å². The van der Waals surface area contributed by atoms with Gasteiger partial charge >= 0.3 is 5.97 Å². The standard InChI is InChI=1S/C16H13BrN2O5S/c1-3-24-11(20)7-19-15(22)13(25-16(19)23)12-9-6-8(17)4-5-10(9)18(2)14(12)21/h4-6H,3,7H2,1-2H3/b13-12-. The highest BCUT2D eigenvalue weighted by molar-refractivity contribution is 9.10. The summed E-state index contributed by atoms with van der Waals surface area (Å²) in [6.07, 6.45) is 0. The number of hydrogen-bond donors (Lipinski definition) is 0. The smallest absolute Gasteiger partial charge is 0.326 e. The number of nitrogens with zero attached hydrogens (tertiary/aromatic N) is 2. The van der Waals surface area contributed by atoms with Crippen LogP contribution >= 0.6 is 27.7 Å². The minimum absolute atomic E-state index is 0.0306. The third-order valence-electron chi connectivity index (χ3n) is 3.78. The Morgan fingerprint density at radius 1 is 1.24 bits per heavy atom. The van der Waals surface area contributed by atoms with Crippen molar-refractivity contribution in [1.29, 1.82) is 0 Å². The Morgan fingerprint density at radius 3 is 2.64 bits per heavy atom. The Labute approximate surface area is 156 Å². The minimum Gasteiger partial charge on any atom is -0.465 e. The first-order chi connectivity index (χ1) is 11.8. The zero-order valence-electron chi connectivity index (χ0n) is 13.4. The monoisotopic (exact) mass is 424 g/mol. The molecular formula is C16H13BrN2O5S. The van der Waals surface area contributed by atoms with Crippen molar-refractivity contribution < 1.29 is 23.9 Å². The second-order valence-corrected chi connectivity index (χ2v) is 7.17. The molecule has 0 aliphatic carbocycles. The number of fused-ring (bicyclic) bond motifs is 1. The summed E-state index contributed by atoms with van der Waals surface area (Å²) < 4.78 is 5.53. The van der Waals surface area contributed by atoms with Gasteiger partial charge in [0.05, 0.1) is 22.8 Å². The Kier molecular flexibility index (Phi) is 4.70. The lowest BCUT2D eigenvalue weighted by Gasteiger charge is -2.11. The number of carbonyl (C=O) groups excluding carboxylic acids is 4. The predicted molar refractivity (Wildman–Crippen MR) is 95.8 cm³/mol. The van der Waals surface area contributed by atoms with E-state index in [1.54, 1.807) is 32.2 Å². The van der Waals surface area contributed by atoms with E-state index in [1.807, 2.05) is 0 Å². The van der Waals surface area contributed by atoms with Crippen LogP contribution in [0.2, 0.25) is 0 Å². The molecule has 3 rings (SSSR count). The van der Waals surface area contributed by atoms with Crippen LogP contribution in [0.15, 0.2) is 27.6 Å². The van der Waals surface area contributed by atoms with Crippen LogP contribution in [0.3, 0.4) is 0 Å². The first-order valence-electron chi connectivity index (χ1n) is 7.36. The zero-order valence-corrected chi connectivity index (χ0v) is 15.8. The van der Waals surface area contributed by atoms with Crippen molar-refractivity contribution in [2.75, 3.05) is 25.1 Å². The summed E-state index contributed by atoms with van der Waals surface area (Å²) in [5.74, 6) is -1.70. The van der Waals surface area contributed by atoms with E-state index < -0.39 is 23.7 Å². The van der Waals surface area contributed by atoms with E-state index in [-0.39, 0.29) is 23.0 Å². The first kappa shape index (κ1) is 17.7. The maximum absolute atomic E-state index is 12.6. The number of hydrogen-bond acceptors (Lipinski definition) is 6. The molecule has 0 saturated carbocycles. The number of likely N-dealkylation sites (N-methyl/N-ethyl adjacent to an activating group) is 1. The zero-order chi connectivity index (χ0) is 18.3. The fourth-order valence-electron chi connectivity index (χ4n) is 2.63. The quantitative estimate of drug-likeness (QED) is 0.547. The van der Waals surface area contributed by atoms with Crippen molar-refractivity contribution in [2.24, 2.45) is 0 Å². The number of halogens is 1. The summed E-state index contributed by atoms with van der Waals surface area (Å²) in [7, 11) is 1.60. The molecule has 0 bridgehead atoms. The number of ether oxygens (including phenoxy) is 1. The largest absolute Gasteiger partial charge is 0.465 e. The van der Waals surface area contributed by atoms with Gasteiger partial charge in [-0.25, -0.2) is 0 Å². The van der Waals surface area contributed by atoms with Crippen molar-refractivity contribution in [3.05, 3.63) is 33.1 Å². The van der Waals surface area contributed by atoms with Crippen LogP contribution in [0, 0.1) is 0 Å². The fourth-order valence-corrected chi connectivity index (χ4v) is 3.92. The molecule has 7 nitrogen and oxygen atoms in total. The number of thioether (sulfide) groups is 1. The summed E-state index contributed by atoms with van der Waals surface area (Å²) >= 11 is 4.01. The number of rotatable bonds is 3. The topological polar surface area (TPSA) is 84.0 Å². The highest BCUT2D eigenvalue weighted by atomic mass is 79.9. The van der Waals surface area contributed by atoms with Crippen LogP contribution < -0.4 is 4.90 Å². The lowest BCUT2D eigenvalue weighted by molar-refractivity contribution is -0.145. The molecular weight excluding hydrogens is 412 g/mol. The molecule has 2 aliphatic rings. The number of carbonyl (C=O) groups is 4. The molecule has 1 aromatic carbocycles. The molecule has 0 aromatic heterocycles. The number of anilines is 1. The molecule has 0 unspecified atom stereocenters. The average molecular weight is 425 g/mol. The molecule has 9 heteroatoms. The lowest BCUT2D eigenvalue weighted by Crippen LogP contribution is -2.34. The normalized spacial score (nSPS) is 19.7. The summed E-state index contributed by atoms with van der Waals surface area (Å²) in [6.45, 7) is 1.32. The van der Waals surface area contributed by atoms with Crippen molar-refractivity contribution in [2.45, 2.75) is 6.92 Å². The van der Waals surface area contributed by atoms with Crippen molar-refractivity contribution in [3.63, 3.8) is 0 Å². The first-order valence-corrected chi connectivity index (χ1v) is 8.97. The maximum atomic E-state index is 12.6. The molecule has 0 atom stereocenters. The molecule has 0 N–H and O–H groups in total. The summed E-state index contributed by atoms with van der Waals surface area (Å²) in [5.41, 5.74) is 1.40. The van der Waals surface area contributed by atoms with Gasteiger partial charge in [-0.3, -0.25) is 24.1 Å². The molecule has 2 heterocycles. The van der Waals surface area contributed by atoms with Gasteiger partial charge < -0.3 is 9.64 Å². The van der Waals surface area contributed by atoms with Gasteiger partial charge in [-0.2, -0.15) is 0 Å². The second-order valence-electron chi connectivity index (χ2n) is 5.29. The van der Waals surface area contributed by atoms with E-state index in [4.69, 9.17) is 4.74 Å². The molecule has 3 amide bonds. The molecule has 130 valence electrons. The van der Waals surface area contributed by atoms with E-state index in [0.29, 0.717) is 23.0 Å². The highest BCUT2D eigenvalue weighted by Gasteiger charge is 2.43. The van der Waals surface area contributed by atoms with Crippen LogP contribution in [0.1, 0.15) is 12.5 Å². The van der Waals surface area contributed by atoms with E-state index >= 15 is 0 Å². The number of amides is 3. The Balaban J connectivity index is 2.03. The fraction of sp³-hybridized carbons (Fsp3) is 0.250. The minimum atomic E-state index is -0.672. The van der Waals surface area contributed by atoms with Gasteiger partial charge in [0.2, 0.25) is 0 Å². The highest BCUT2D eigenvalue weighted by Crippen LogP contribution is 2.44. The van der Waals surface area contributed by atoms with Crippen molar-refractivity contribution in [1.82, 2.24) is 4.90 Å². The van der Waals surface area contributed by atoms with E-state index in [2.05, 4.69) is 15.9 Å². The number of benzene rings is 1. The van der Waals surface area contributed by atoms with Crippen molar-refractivity contribution >= 4 is 62.0 Å². The summed E-state index contributed by atoms with van der Waals surface area (Å²) in [4.78, 5) is 51.2. The Morgan fingerprint density at radius 2 is 1.96 bits per heavy atom. The van der Waals surface area contributed by atoms with Crippen molar-refractivity contribution in [3.8, 4) is 0 Å². The number of esters is 1. The maximum Gasteiger partial charge on any atom is 0.326 e. The van der Waals surface area contributed by atoms with E-state index in [9.17, 15) is 19.2 Å². The van der Waals surface area contributed by atoms with Gasteiger partial charge in [-0.15, -0.1) is 0 Å². The average Bonchev–Trinajstić information content (AvgIpc) is 2.96. The lowest BCUT2D eigenvalue weighted by atomic mass is 10.1. The third kappa shape index (κ3) is 2.98.